The summed E-state index contributed by atoms with van der Waals surface area (Å²) in [7, 11) is 1.64. The van der Waals surface area contributed by atoms with Gasteiger partial charge in [-0.25, -0.2) is 4.98 Å². The van der Waals surface area contributed by atoms with Crippen LogP contribution in [0.3, 0.4) is 0 Å². The first kappa shape index (κ1) is 16.0. The number of carbonyl (C=O) groups excluding carboxylic acids is 1. The van der Waals surface area contributed by atoms with Crippen molar-refractivity contribution in [1.82, 2.24) is 9.88 Å². The predicted octanol–water partition coefficient (Wildman–Crippen LogP) is 3.41. The third-order valence-electron chi connectivity index (χ3n) is 4.37. The molecular formula is C18H22N2O2S. The van der Waals surface area contributed by atoms with Gasteiger partial charge < -0.3 is 9.64 Å². The standard InChI is InChI=1S/C18H22N2O2S/c1-13-12-23-18(19-13)14-7-9-20(10-8-14)17(21)11-15-5-3-4-6-16(15)22-2/h3-6,12,14H,7-11H2,1-2H3. The van der Waals surface area contributed by atoms with Crippen LogP contribution in [0.5, 0.6) is 5.75 Å². The van der Waals surface area contributed by atoms with Gasteiger partial charge in [-0.1, -0.05) is 18.2 Å². The molecule has 3 rings (SSSR count). The van der Waals surface area contributed by atoms with Gasteiger partial charge in [0.05, 0.1) is 18.5 Å². The minimum Gasteiger partial charge on any atom is -0.496 e. The zero-order chi connectivity index (χ0) is 16.2. The van der Waals surface area contributed by atoms with Gasteiger partial charge in [-0.15, -0.1) is 11.3 Å². The number of hydrogen-bond donors (Lipinski definition) is 0. The lowest BCUT2D eigenvalue weighted by Gasteiger charge is -2.31. The fourth-order valence-corrected chi connectivity index (χ4v) is 4.03. The molecule has 1 aromatic carbocycles. The van der Waals surface area contributed by atoms with Gasteiger partial charge in [0.1, 0.15) is 5.75 Å². The average molecular weight is 330 g/mol. The molecule has 0 aliphatic carbocycles. The van der Waals surface area contributed by atoms with Gasteiger partial charge in [0.25, 0.3) is 0 Å². The molecule has 1 aromatic heterocycles. The summed E-state index contributed by atoms with van der Waals surface area (Å²) in [5.74, 6) is 1.47. The molecule has 0 unspecified atom stereocenters. The first-order valence-electron chi connectivity index (χ1n) is 7.99. The Hall–Kier alpha value is -1.88. The number of likely N-dealkylation sites (tertiary alicyclic amines) is 1. The number of piperidine rings is 1. The Bertz CT molecular complexity index is 675. The number of benzene rings is 1. The molecule has 0 spiro atoms. The molecule has 1 saturated heterocycles. The van der Waals surface area contributed by atoms with E-state index in [2.05, 4.69) is 10.4 Å². The quantitative estimate of drug-likeness (QED) is 0.863. The van der Waals surface area contributed by atoms with Crippen LogP contribution in [0, 0.1) is 6.92 Å². The summed E-state index contributed by atoms with van der Waals surface area (Å²) in [4.78, 5) is 19.1. The lowest BCUT2D eigenvalue weighted by molar-refractivity contribution is -0.131. The molecule has 0 saturated carbocycles. The third kappa shape index (κ3) is 3.72. The maximum atomic E-state index is 12.5. The van der Waals surface area contributed by atoms with Crippen molar-refractivity contribution in [2.75, 3.05) is 20.2 Å². The van der Waals surface area contributed by atoms with Crippen molar-refractivity contribution in [1.29, 1.82) is 0 Å². The van der Waals surface area contributed by atoms with Crippen LogP contribution in [0.25, 0.3) is 0 Å². The van der Waals surface area contributed by atoms with Gasteiger partial charge in [0, 0.05) is 35.6 Å². The molecule has 1 aliphatic rings. The highest BCUT2D eigenvalue weighted by atomic mass is 32.1. The molecule has 0 N–H and O–H groups in total. The number of amides is 1. The highest BCUT2D eigenvalue weighted by Crippen LogP contribution is 2.30. The van der Waals surface area contributed by atoms with E-state index < -0.39 is 0 Å². The first-order chi connectivity index (χ1) is 11.2. The van der Waals surface area contributed by atoms with E-state index in [1.165, 1.54) is 5.01 Å². The third-order valence-corrected chi connectivity index (χ3v) is 5.49. The fraction of sp³-hybridized carbons (Fsp3) is 0.444. The number of aromatic nitrogens is 1. The molecule has 0 bridgehead atoms. The Morgan fingerprint density at radius 1 is 1.35 bits per heavy atom. The summed E-state index contributed by atoms with van der Waals surface area (Å²) >= 11 is 1.74. The predicted molar refractivity (Wildman–Crippen MR) is 92.1 cm³/mol. The summed E-state index contributed by atoms with van der Waals surface area (Å²) < 4.78 is 5.33. The molecule has 4 nitrogen and oxygen atoms in total. The minimum absolute atomic E-state index is 0.184. The van der Waals surface area contributed by atoms with Crippen LogP contribution in [0.1, 0.15) is 35.0 Å². The molecule has 122 valence electrons. The number of thiazole rings is 1. The average Bonchev–Trinajstić information content (AvgIpc) is 3.02. The largest absolute Gasteiger partial charge is 0.496 e. The van der Waals surface area contributed by atoms with Gasteiger partial charge in [0.15, 0.2) is 0 Å². The van der Waals surface area contributed by atoms with Crippen LogP contribution in [-0.4, -0.2) is 36.0 Å². The second kappa shape index (κ2) is 7.13. The van der Waals surface area contributed by atoms with E-state index in [0.29, 0.717) is 12.3 Å². The molecular weight excluding hydrogens is 308 g/mol. The lowest BCUT2D eigenvalue weighted by atomic mass is 9.97. The number of para-hydroxylation sites is 1. The van der Waals surface area contributed by atoms with Gasteiger partial charge in [-0.05, 0) is 25.8 Å². The molecule has 5 heteroatoms. The Labute approximate surface area is 141 Å². The summed E-state index contributed by atoms with van der Waals surface area (Å²) in [6.45, 7) is 3.67. The molecule has 0 atom stereocenters. The molecule has 2 heterocycles. The van der Waals surface area contributed by atoms with E-state index >= 15 is 0 Å². The van der Waals surface area contributed by atoms with E-state index in [0.717, 1.165) is 42.9 Å². The van der Waals surface area contributed by atoms with Gasteiger partial charge in [0.2, 0.25) is 5.91 Å². The molecule has 2 aromatic rings. The van der Waals surface area contributed by atoms with E-state index in [9.17, 15) is 4.79 Å². The monoisotopic (exact) mass is 330 g/mol. The van der Waals surface area contributed by atoms with Crippen molar-refractivity contribution in [3.05, 3.63) is 45.9 Å². The second-order valence-corrected chi connectivity index (χ2v) is 6.86. The Morgan fingerprint density at radius 2 is 2.09 bits per heavy atom. The van der Waals surface area contributed by atoms with E-state index in [1.54, 1.807) is 18.4 Å². The summed E-state index contributed by atoms with van der Waals surface area (Å²) in [6, 6.07) is 7.73. The number of carbonyl (C=O) groups is 1. The number of aryl methyl sites for hydroxylation is 1. The maximum absolute atomic E-state index is 12.5. The van der Waals surface area contributed by atoms with Crippen molar-refractivity contribution in [3.8, 4) is 5.75 Å². The van der Waals surface area contributed by atoms with Crippen molar-refractivity contribution < 1.29 is 9.53 Å². The van der Waals surface area contributed by atoms with Crippen LogP contribution < -0.4 is 4.74 Å². The fourth-order valence-electron chi connectivity index (χ4n) is 3.06. The van der Waals surface area contributed by atoms with Gasteiger partial charge in [-0.3, -0.25) is 4.79 Å². The van der Waals surface area contributed by atoms with Crippen LogP contribution in [0.2, 0.25) is 0 Å². The van der Waals surface area contributed by atoms with Crippen LogP contribution in [0.4, 0.5) is 0 Å². The maximum Gasteiger partial charge on any atom is 0.227 e. The summed E-state index contributed by atoms with van der Waals surface area (Å²) in [5, 5.41) is 3.33. The highest BCUT2D eigenvalue weighted by Gasteiger charge is 2.25. The van der Waals surface area contributed by atoms with E-state index in [4.69, 9.17) is 4.74 Å². The Morgan fingerprint density at radius 3 is 2.74 bits per heavy atom. The van der Waals surface area contributed by atoms with Crippen LogP contribution in [0.15, 0.2) is 29.6 Å². The van der Waals surface area contributed by atoms with Crippen molar-refractivity contribution >= 4 is 17.2 Å². The second-order valence-electron chi connectivity index (χ2n) is 5.97. The van der Waals surface area contributed by atoms with Crippen LogP contribution >= 0.6 is 11.3 Å². The van der Waals surface area contributed by atoms with E-state index in [-0.39, 0.29) is 5.91 Å². The number of ether oxygens (including phenoxy) is 1. The zero-order valence-corrected chi connectivity index (χ0v) is 14.4. The molecule has 1 amide bonds. The Balaban J connectivity index is 1.58. The topological polar surface area (TPSA) is 42.4 Å². The zero-order valence-electron chi connectivity index (χ0n) is 13.6. The minimum atomic E-state index is 0.184. The van der Waals surface area contributed by atoms with Gasteiger partial charge >= 0.3 is 0 Å². The number of rotatable bonds is 4. The first-order valence-corrected chi connectivity index (χ1v) is 8.87. The Kier molecular flexibility index (Phi) is 4.96. The van der Waals surface area contributed by atoms with E-state index in [1.807, 2.05) is 36.1 Å². The van der Waals surface area contributed by atoms with Crippen molar-refractivity contribution in [3.63, 3.8) is 0 Å². The summed E-state index contributed by atoms with van der Waals surface area (Å²) in [6.07, 6.45) is 2.42. The van der Waals surface area contributed by atoms with Gasteiger partial charge in [-0.2, -0.15) is 0 Å². The number of nitrogens with zero attached hydrogens (tertiary/aromatic N) is 2. The van der Waals surface area contributed by atoms with Crippen LogP contribution in [-0.2, 0) is 11.2 Å². The normalized spacial score (nSPS) is 15.7. The molecule has 0 radical (unpaired) electrons. The number of hydrogen-bond acceptors (Lipinski definition) is 4. The lowest BCUT2D eigenvalue weighted by Crippen LogP contribution is -2.38. The highest BCUT2D eigenvalue weighted by molar-refractivity contribution is 7.09. The molecule has 1 aliphatic heterocycles. The SMILES string of the molecule is COc1ccccc1CC(=O)N1CCC(c2nc(C)cs2)CC1. The smallest absolute Gasteiger partial charge is 0.227 e. The molecule has 1 fully saturated rings. The molecule has 23 heavy (non-hydrogen) atoms. The van der Waals surface area contributed by atoms with Crippen molar-refractivity contribution in [2.45, 2.75) is 32.1 Å². The van der Waals surface area contributed by atoms with Crippen molar-refractivity contribution in [2.24, 2.45) is 0 Å². The number of methoxy groups -OCH3 is 1. The summed E-state index contributed by atoms with van der Waals surface area (Å²) in [5.41, 5.74) is 2.05.